The second kappa shape index (κ2) is 14.7. The predicted molar refractivity (Wildman–Crippen MR) is 244 cm³/mol. The molecule has 0 saturated heterocycles. The zero-order valence-electron chi connectivity index (χ0n) is 31.7. The van der Waals surface area contributed by atoms with Gasteiger partial charge in [0.1, 0.15) is 0 Å². The highest BCUT2D eigenvalue weighted by Gasteiger charge is 2.23. The van der Waals surface area contributed by atoms with Crippen molar-refractivity contribution in [1.82, 2.24) is 24.9 Å². The van der Waals surface area contributed by atoms with E-state index in [-0.39, 0.29) is 0 Å². The van der Waals surface area contributed by atoms with Crippen molar-refractivity contribution in [2.24, 2.45) is 0 Å². The quantitative estimate of drug-likeness (QED) is 0.161. The van der Waals surface area contributed by atoms with Crippen molar-refractivity contribution in [2.75, 3.05) is 0 Å². The highest BCUT2D eigenvalue weighted by atomic mass is 32.1. The van der Waals surface area contributed by atoms with Crippen molar-refractivity contribution in [1.29, 1.82) is 0 Å². The molecule has 11 aromatic rings. The molecule has 0 aliphatic rings. The monoisotopic (exact) mass is 771 g/mol. The van der Waals surface area contributed by atoms with Gasteiger partial charge in [-0.15, -0.1) is 11.3 Å². The molecule has 11 rings (SSSR count). The molecule has 0 fully saturated rings. The lowest BCUT2D eigenvalue weighted by Gasteiger charge is -2.17. The summed E-state index contributed by atoms with van der Waals surface area (Å²) in [6, 6.07) is 69.2. The third kappa shape index (κ3) is 6.33. The number of thiophene rings is 1. The first kappa shape index (κ1) is 34.6. The molecular formula is C53H33N5S. The molecule has 0 unspecified atom stereocenters. The summed E-state index contributed by atoms with van der Waals surface area (Å²) in [7, 11) is 0. The molecular weight excluding hydrogens is 739 g/mol. The number of fused-ring (bicyclic) bond motifs is 4. The largest absolute Gasteiger partial charge is 0.228 e. The SMILES string of the molecule is c1ccc(-c2cc(-c3ccc(-c4ccc5sc6ccccc6c5c4-c4nc(-c5ccccc5)nc(-c5ccccc5)n4)c4ccccc34)nc(-c3ccccc3)n2)cc1. The lowest BCUT2D eigenvalue weighted by molar-refractivity contribution is 1.08. The Balaban J connectivity index is 1.18. The Morgan fingerprint density at radius 2 is 0.729 bits per heavy atom. The lowest BCUT2D eigenvalue weighted by Crippen LogP contribution is -2.01. The van der Waals surface area contributed by atoms with Crippen LogP contribution >= 0.6 is 11.3 Å². The summed E-state index contributed by atoms with van der Waals surface area (Å²) in [6.45, 7) is 0. The van der Waals surface area contributed by atoms with Crippen LogP contribution in [0.3, 0.4) is 0 Å². The van der Waals surface area contributed by atoms with Crippen LogP contribution in [0.15, 0.2) is 200 Å². The Bertz CT molecular complexity index is 3200. The van der Waals surface area contributed by atoms with Crippen LogP contribution in [0.2, 0.25) is 0 Å². The lowest BCUT2D eigenvalue weighted by atomic mass is 9.89. The van der Waals surface area contributed by atoms with Crippen LogP contribution in [0.5, 0.6) is 0 Å². The van der Waals surface area contributed by atoms with Crippen LogP contribution in [0.25, 0.3) is 110 Å². The average Bonchev–Trinajstić information content (AvgIpc) is 3.70. The van der Waals surface area contributed by atoms with Gasteiger partial charge >= 0.3 is 0 Å². The van der Waals surface area contributed by atoms with Gasteiger partial charge in [-0.1, -0.05) is 182 Å². The number of aromatic nitrogens is 5. The number of rotatable bonds is 7. The number of hydrogen-bond acceptors (Lipinski definition) is 6. The average molecular weight is 772 g/mol. The van der Waals surface area contributed by atoms with Gasteiger partial charge in [0, 0.05) is 53.6 Å². The molecule has 6 heteroatoms. The van der Waals surface area contributed by atoms with Crippen LogP contribution in [-0.4, -0.2) is 24.9 Å². The van der Waals surface area contributed by atoms with E-state index in [0.29, 0.717) is 23.3 Å². The topological polar surface area (TPSA) is 64.5 Å². The molecule has 3 heterocycles. The summed E-state index contributed by atoms with van der Waals surface area (Å²) in [6.07, 6.45) is 0. The maximum atomic E-state index is 5.31. The standard InChI is InChI=1S/C53H33N5S/c1-5-17-34(18-6-1)44-33-45(55-50(54-44)35-19-7-2-8-20-35)41-30-29-40(38-25-13-14-26-39(38)41)42-31-32-47-48(43-27-15-16-28-46(43)59-47)49(42)53-57-51(36-21-9-3-10-22-36)56-52(58-53)37-23-11-4-12-24-37/h1-33H. The summed E-state index contributed by atoms with van der Waals surface area (Å²) >= 11 is 1.79. The zero-order valence-corrected chi connectivity index (χ0v) is 32.5. The van der Waals surface area contributed by atoms with E-state index in [1.165, 1.54) is 14.8 Å². The first-order valence-electron chi connectivity index (χ1n) is 19.6. The minimum atomic E-state index is 0.629. The van der Waals surface area contributed by atoms with Gasteiger partial charge in [-0.25, -0.2) is 24.9 Å². The highest BCUT2D eigenvalue weighted by molar-refractivity contribution is 7.26. The third-order valence-corrected chi connectivity index (χ3v) is 11.9. The summed E-state index contributed by atoms with van der Waals surface area (Å²) in [5, 5.41) is 4.51. The van der Waals surface area contributed by atoms with Crippen LogP contribution in [0, 0.1) is 0 Å². The van der Waals surface area contributed by atoms with E-state index >= 15 is 0 Å². The van der Waals surface area contributed by atoms with E-state index in [0.717, 1.165) is 72.1 Å². The molecule has 0 amide bonds. The van der Waals surface area contributed by atoms with Gasteiger partial charge in [0.05, 0.1) is 11.4 Å². The molecule has 8 aromatic carbocycles. The van der Waals surface area contributed by atoms with Gasteiger partial charge in [0.2, 0.25) is 0 Å². The van der Waals surface area contributed by atoms with Crippen molar-refractivity contribution in [2.45, 2.75) is 0 Å². The van der Waals surface area contributed by atoms with E-state index < -0.39 is 0 Å². The summed E-state index contributed by atoms with van der Waals surface area (Å²) in [4.78, 5) is 26.0. The van der Waals surface area contributed by atoms with Gasteiger partial charge < -0.3 is 0 Å². The molecule has 0 radical (unpaired) electrons. The van der Waals surface area contributed by atoms with Crippen molar-refractivity contribution < 1.29 is 0 Å². The summed E-state index contributed by atoms with van der Waals surface area (Å²) < 4.78 is 2.39. The van der Waals surface area contributed by atoms with Crippen molar-refractivity contribution >= 4 is 42.3 Å². The Hall–Kier alpha value is -7.67. The minimum Gasteiger partial charge on any atom is -0.228 e. The van der Waals surface area contributed by atoms with E-state index in [1.807, 2.05) is 72.8 Å². The summed E-state index contributed by atoms with van der Waals surface area (Å²) in [5.74, 6) is 2.57. The van der Waals surface area contributed by atoms with Gasteiger partial charge in [-0.05, 0) is 40.1 Å². The molecule has 0 atom stereocenters. The first-order chi connectivity index (χ1) is 29.2. The van der Waals surface area contributed by atoms with Crippen LogP contribution in [-0.2, 0) is 0 Å². The molecule has 0 aliphatic heterocycles. The normalized spacial score (nSPS) is 11.4. The molecule has 0 N–H and O–H groups in total. The Labute approximate surface area is 345 Å². The Morgan fingerprint density at radius 3 is 1.34 bits per heavy atom. The van der Waals surface area contributed by atoms with Crippen LogP contribution in [0.4, 0.5) is 0 Å². The fraction of sp³-hybridized carbons (Fsp3) is 0. The number of hydrogen-bond donors (Lipinski definition) is 0. The smallest absolute Gasteiger partial charge is 0.165 e. The van der Waals surface area contributed by atoms with Gasteiger partial charge in [-0.3, -0.25) is 0 Å². The Kier molecular flexibility index (Phi) is 8.60. The molecule has 0 aliphatic carbocycles. The summed E-state index contributed by atoms with van der Waals surface area (Å²) in [5.41, 5.74) is 9.74. The molecule has 3 aromatic heterocycles. The zero-order chi connectivity index (χ0) is 39.1. The van der Waals surface area contributed by atoms with Crippen LogP contribution < -0.4 is 0 Å². The van der Waals surface area contributed by atoms with Crippen molar-refractivity contribution in [3.8, 4) is 79.2 Å². The molecule has 59 heavy (non-hydrogen) atoms. The molecule has 0 saturated carbocycles. The van der Waals surface area contributed by atoms with Crippen LogP contribution in [0.1, 0.15) is 0 Å². The number of benzene rings is 8. The van der Waals surface area contributed by atoms with Gasteiger partial charge in [0.15, 0.2) is 23.3 Å². The second-order valence-corrected chi connectivity index (χ2v) is 15.5. The maximum Gasteiger partial charge on any atom is 0.165 e. The highest BCUT2D eigenvalue weighted by Crippen LogP contribution is 2.47. The maximum absolute atomic E-state index is 5.31. The number of nitrogens with zero attached hydrogens (tertiary/aromatic N) is 5. The Morgan fingerprint density at radius 1 is 0.288 bits per heavy atom. The van der Waals surface area contributed by atoms with E-state index in [4.69, 9.17) is 24.9 Å². The predicted octanol–water partition coefficient (Wildman–Crippen LogP) is 13.9. The second-order valence-electron chi connectivity index (χ2n) is 14.4. The first-order valence-corrected chi connectivity index (χ1v) is 20.4. The molecule has 5 nitrogen and oxygen atoms in total. The van der Waals surface area contributed by atoms with Gasteiger partial charge in [-0.2, -0.15) is 0 Å². The molecule has 0 spiro atoms. The fourth-order valence-corrected chi connectivity index (χ4v) is 9.12. The van der Waals surface area contributed by atoms with E-state index in [1.54, 1.807) is 11.3 Å². The molecule has 0 bridgehead atoms. The van der Waals surface area contributed by atoms with Crippen molar-refractivity contribution in [3.63, 3.8) is 0 Å². The fourth-order valence-electron chi connectivity index (χ4n) is 8.01. The minimum absolute atomic E-state index is 0.629. The molecule has 276 valence electrons. The van der Waals surface area contributed by atoms with E-state index in [9.17, 15) is 0 Å². The van der Waals surface area contributed by atoms with E-state index in [2.05, 4.69) is 127 Å². The van der Waals surface area contributed by atoms with Gasteiger partial charge in [0.25, 0.3) is 0 Å². The third-order valence-electron chi connectivity index (χ3n) is 10.8. The van der Waals surface area contributed by atoms with Crippen molar-refractivity contribution in [3.05, 3.63) is 200 Å².